The maximum Gasteiger partial charge on any atom is 0.573 e. The van der Waals surface area contributed by atoms with Crippen LogP contribution in [0.1, 0.15) is 28.4 Å². The van der Waals surface area contributed by atoms with Crippen molar-refractivity contribution in [3.05, 3.63) is 114 Å². The number of nitrogens with one attached hydrogen (secondary N) is 2. The molecule has 0 aliphatic carbocycles. The number of carboxylic acid groups (broad SMARTS) is 1. The molecule has 3 N–H and O–H groups in total. The second kappa shape index (κ2) is 13.4. The molecule has 4 aromatic rings. The molecule has 216 valence electrons. The zero-order chi connectivity index (χ0) is 30.1. The van der Waals surface area contributed by atoms with Crippen LogP contribution in [0.25, 0.3) is 11.1 Å². The summed E-state index contributed by atoms with van der Waals surface area (Å²) in [5.74, 6) is -2.44. The fourth-order valence-corrected chi connectivity index (χ4v) is 3.95. The summed E-state index contributed by atoms with van der Waals surface area (Å²) in [7, 11) is 0. The number of amides is 1. The lowest BCUT2D eigenvalue weighted by molar-refractivity contribution is -0.274. The molecule has 0 aliphatic heterocycles. The molecule has 4 aromatic carbocycles. The van der Waals surface area contributed by atoms with Crippen molar-refractivity contribution in [2.75, 3.05) is 11.9 Å². The molecule has 0 aliphatic rings. The van der Waals surface area contributed by atoms with Crippen LogP contribution in [0.4, 0.5) is 18.9 Å². The van der Waals surface area contributed by atoms with Crippen molar-refractivity contribution in [2.45, 2.75) is 18.8 Å². The molecule has 0 aromatic heterocycles. The van der Waals surface area contributed by atoms with Crippen LogP contribution in [-0.2, 0) is 9.59 Å². The highest BCUT2D eigenvalue weighted by Crippen LogP contribution is 2.29. The van der Waals surface area contributed by atoms with Gasteiger partial charge in [0, 0.05) is 17.8 Å². The normalized spacial score (nSPS) is 11.7. The van der Waals surface area contributed by atoms with Crippen LogP contribution in [0.15, 0.2) is 103 Å². The molecule has 0 saturated heterocycles. The number of hydrogen-bond donors (Lipinski definition) is 3. The predicted molar refractivity (Wildman–Crippen MR) is 148 cm³/mol. The maximum absolute atomic E-state index is 13.4. The summed E-state index contributed by atoms with van der Waals surface area (Å²) in [6.45, 7) is -0.0401. The number of esters is 1. The second-order valence-corrected chi connectivity index (χ2v) is 8.99. The standard InChI is InChI=1S/C31H25F3N2O6/c32-31(33,34)42-25-15-11-21(12-16-25)28(36-24-13-9-22(10-14-24)29(39)35-18-17-27(37)38)30(40)41-26-8-4-7-23(19-26)20-5-2-1-3-6-20/h1-16,19,28,36H,17-18H2,(H,35,39)(H,37,38). The summed E-state index contributed by atoms with van der Waals surface area (Å²) in [5, 5.41) is 14.2. The summed E-state index contributed by atoms with van der Waals surface area (Å²) in [4.78, 5) is 36.3. The summed E-state index contributed by atoms with van der Waals surface area (Å²) < 4.78 is 47.5. The fraction of sp³-hybridized carbons (Fsp3) is 0.129. The van der Waals surface area contributed by atoms with E-state index >= 15 is 0 Å². The number of ether oxygens (including phenoxy) is 2. The van der Waals surface area contributed by atoms with Crippen molar-refractivity contribution in [2.24, 2.45) is 0 Å². The fourth-order valence-electron chi connectivity index (χ4n) is 3.95. The van der Waals surface area contributed by atoms with Crippen LogP contribution in [-0.4, -0.2) is 35.9 Å². The van der Waals surface area contributed by atoms with Gasteiger partial charge in [0.05, 0.1) is 6.42 Å². The zero-order valence-corrected chi connectivity index (χ0v) is 21.9. The van der Waals surface area contributed by atoms with Gasteiger partial charge in [-0.2, -0.15) is 0 Å². The van der Waals surface area contributed by atoms with E-state index < -0.39 is 36.0 Å². The summed E-state index contributed by atoms with van der Waals surface area (Å²) in [6, 6.07) is 26.0. The first kappa shape index (κ1) is 29.7. The molecule has 8 nitrogen and oxygen atoms in total. The highest BCUT2D eigenvalue weighted by atomic mass is 19.4. The number of hydrogen-bond acceptors (Lipinski definition) is 6. The molecular weight excluding hydrogens is 553 g/mol. The lowest BCUT2D eigenvalue weighted by Gasteiger charge is -2.20. The van der Waals surface area contributed by atoms with Crippen molar-refractivity contribution >= 4 is 23.5 Å². The molecule has 0 bridgehead atoms. The van der Waals surface area contributed by atoms with Gasteiger partial charge in [0.1, 0.15) is 11.5 Å². The monoisotopic (exact) mass is 578 g/mol. The minimum atomic E-state index is -4.87. The van der Waals surface area contributed by atoms with Crippen molar-refractivity contribution in [1.82, 2.24) is 5.32 Å². The maximum atomic E-state index is 13.4. The van der Waals surface area contributed by atoms with Crippen molar-refractivity contribution in [3.8, 4) is 22.6 Å². The number of halogens is 3. The van der Waals surface area contributed by atoms with Crippen molar-refractivity contribution in [1.29, 1.82) is 0 Å². The third-order valence-electron chi connectivity index (χ3n) is 5.92. The Morgan fingerprint density at radius 1 is 0.786 bits per heavy atom. The lowest BCUT2D eigenvalue weighted by atomic mass is 10.0. The molecule has 0 saturated carbocycles. The highest BCUT2D eigenvalue weighted by molar-refractivity contribution is 5.94. The minimum Gasteiger partial charge on any atom is -0.481 e. The first-order valence-electron chi connectivity index (χ1n) is 12.7. The number of carboxylic acids is 1. The second-order valence-electron chi connectivity index (χ2n) is 8.99. The van der Waals surface area contributed by atoms with Gasteiger partial charge < -0.3 is 25.2 Å². The molecule has 1 atom stereocenters. The Morgan fingerprint density at radius 2 is 1.45 bits per heavy atom. The van der Waals surface area contributed by atoms with E-state index in [2.05, 4.69) is 15.4 Å². The van der Waals surface area contributed by atoms with Gasteiger partial charge in [0.15, 0.2) is 6.04 Å². The van der Waals surface area contributed by atoms with Gasteiger partial charge >= 0.3 is 18.3 Å². The minimum absolute atomic E-state index is 0.0401. The van der Waals surface area contributed by atoms with E-state index in [0.717, 1.165) is 23.3 Å². The van der Waals surface area contributed by atoms with E-state index in [4.69, 9.17) is 9.84 Å². The zero-order valence-electron chi connectivity index (χ0n) is 21.9. The number of aliphatic carboxylic acids is 1. The third kappa shape index (κ3) is 8.59. The van der Waals surface area contributed by atoms with E-state index in [-0.39, 0.29) is 24.3 Å². The van der Waals surface area contributed by atoms with E-state index in [9.17, 15) is 27.6 Å². The molecule has 0 spiro atoms. The smallest absolute Gasteiger partial charge is 0.481 e. The van der Waals surface area contributed by atoms with Crippen LogP contribution >= 0.6 is 0 Å². The largest absolute Gasteiger partial charge is 0.573 e. The van der Waals surface area contributed by atoms with E-state index in [0.29, 0.717) is 11.3 Å². The first-order valence-corrected chi connectivity index (χ1v) is 12.7. The summed E-state index contributed by atoms with van der Waals surface area (Å²) >= 11 is 0. The molecule has 0 heterocycles. The molecule has 42 heavy (non-hydrogen) atoms. The summed E-state index contributed by atoms with van der Waals surface area (Å²) in [6.07, 6.45) is -5.10. The van der Waals surface area contributed by atoms with Gasteiger partial charge in [-0.15, -0.1) is 13.2 Å². The Bertz CT molecular complexity index is 1530. The third-order valence-corrected chi connectivity index (χ3v) is 5.92. The quantitative estimate of drug-likeness (QED) is 0.143. The van der Waals surface area contributed by atoms with Gasteiger partial charge in [-0.1, -0.05) is 54.6 Å². The molecule has 1 unspecified atom stereocenters. The lowest BCUT2D eigenvalue weighted by Crippen LogP contribution is -2.26. The average Bonchev–Trinajstić information content (AvgIpc) is 2.96. The molecule has 0 radical (unpaired) electrons. The summed E-state index contributed by atoms with van der Waals surface area (Å²) in [5.41, 5.74) is 2.70. The van der Waals surface area contributed by atoms with Gasteiger partial charge in [-0.25, -0.2) is 4.79 Å². The predicted octanol–water partition coefficient (Wildman–Crippen LogP) is 6.22. The van der Waals surface area contributed by atoms with E-state index in [1.165, 1.54) is 36.4 Å². The van der Waals surface area contributed by atoms with Crippen LogP contribution < -0.4 is 20.1 Å². The van der Waals surface area contributed by atoms with E-state index in [1.807, 2.05) is 36.4 Å². The Labute approximate surface area is 238 Å². The molecule has 0 fully saturated rings. The topological polar surface area (TPSA) is 114 Å². The Balaban J connectivity index is 1.55. The number of rotatable bonds is 11. The van der Waals surface area contributed by atoms with Crippen molar-refractivity contribution in [3.63, 3.8) is 0 Å². The van der Waals surface area contributed by atoms with Gasteiger partial charge in [0.25, 0.3) is 5.91 Å². The first-order chi connectivity index (χ1) is 20.1. The molecule has 11 heteroatoms. The van der Waals surface area contributed by atoms with Gasteiger partial charge in [0.2, 0.25) is 0 Å². The Hall–Kier alpha value is -5.32. The molecule has 4 rings (SSSR count). The highest BCUT2D eigenvalue weighted by Gasteiger charge is 2.31. The number of benzene rings is 4. The van der Waals surface area contributed by atoms with E-state index in [1.54, 1.807) is 18.2 Å². The van der Waals surface area contributed by atoms with Crippen LogP contribution in [0.2, 0.25) is 0 Å². The van der Waals surface area contributed by atoms with Gasteiger partial charge in [-0.05, 0) is 65.2 Å². The number of anilines is 1. The number of carbonyl (C=O) groups excluding carboxylic acids is 2. The number of alkyl halides is 3. The number of carbonyl (C=O) groups is 3. The Kier molecular flexibility index (Phi) is 9.43. The van der Waals surface area contributed by atoms with Crippen LogP contribution in [0.5, 0.6) is 11.5 Å². The van der Waals surface area contributed by atoms with Crippen LogP contribution in [0.3, 0.4) is 0 Å². The molecule has 1 amide bonds. The van der Waals surface area contributed by atoms with Crippen LogP contribution in [0, 0.1) is 0 Å². The molecular formula is C31H25F3N2O6. The SMILES string of the molecule is O=C(O)CCNC(=O)c1ccc(NC(C(=O)Oc2cccc(-c3ccccc3)c2)c2ccc(OC(F)(F)F)cc2)cc1. The van der Waals surface area contributed by atoms with Crippen molar-refractivity contribution < 1.29 is 42.1 Å². The van der Waals surface area contributed by atoms with Gasteiger partial charge in [-0.3, -0.25) is 9.59 Å². The average molecular weight is 579 g/mol. The Morgan fingerprint density at radius 3 is 2.10 bits per heavy atom.